The molecule has 0 saturated heterocycles. The molecule has 1 atom stereocenters. The number of sulfone groups is 1. The highest BCUT2D eigenvalue weighted by Crippen LogP contribution is 2.25. The van der Waals surface area contributed by atoms with Gasteiger partial charge in [0.1, 0.15) is 0 Å². The molecule has 9 heteroatoms. The van der Waals surface area contributed by atoms with Crippen LogP contribution in [0.5, 0.6) is 0 Å². The predicted molar refractivity (Wildman–Crippen MR) is 99.0 cm³/mol. The number of nitrogens with one attached hydrogen (secondary N) is 1. The molecule has 1 aromatic rings. The Morgan fingerprint density at radius 2 is 1.67 bits per heavy atom. The quantitative estimate of drug-likeness (QED) is 0.695. The van der Waals surface area contributed by atoms with Crippen LogP contribution in [0.15, 0.2) is 21.9 Å². The minimum absolute atomic E-state index is 0. The first-order chi connectivity index (χ1) is 10.5. The lowest BCUT2D eigenvalue weighted by molar-refractivity contribution is 0.516. The van der Waals surface area contributed by atoms with E-state index in [0.717, 1.165) is 19.1 Å². The zero-order chi connectivity index (χ0) is 17.8. The Kier molecular flexibility index (Phi) is 8.89. The van der Waals surface area contributed by atoms with Crippen LogP contribution in [-0.2, 0) is 19.9 Å². The minimum atomic E-state index is -3.83. The number of sulfonamides is 1. The number of halogens is 1. The average molecular weight is 399 g/mol. The van der Waals surface area contributed by atoms with Crippen LogP contribution in [0, 0.1) is 13.8 Å². The highest BCUT2D eigenvalue weighted by Gasteiger charge is 2.25. The van der Waals surface area contributed by atoms with Crippen LogP contribution in [0.25, 0.3) is 0 Å². The SMILES string of the molecule is CCCCC(CN)NS(=O)(=O)c1cc(C)cc(S(C)(=O)=O)c1C.Cl. The molecule has 0 fully saturated rings. The number of unbranched alkanes of at least 4 members (excludes halogenated alkanes) is 1. The molecule has 3 N–H and O–H groups in total. The van der Waals surface area contributed by atoms with Gasteiger partial charge in [-0.2, -0.15) is 0 Å². The molecule has 0 aliphatic heterocycles. The van der Waals surface area contributed by atoms with Gasteiger partial charge in [0.05, 0.1) is 9.79 Å². The molecular formula is C15H27ClN2O4S2. The summed E-state index contributed by atoms with van der Waals surface area (Å²) in [5.74, 6) is 0. The summed E-state index contributed by atoms with van der Waals surface area (Å²) < 4.78 is 51.6. The zero-order valence-electron chi connectivity index (χ0n) is 14.5. The number of benzene rings is 1. The van der Waals surface area contributed by atoms with Crippen LogP contribution in [0.3, 0.4) is 0 Å². The molecule has 0 spiro atoms. The summed E-state index contributed by atoms with van der Waals surface area (Å²) in [6.07, 6.45) is 3.53. The Hall–Kier alpha value is -0.670. The molecule has 0 aromatic heterocycles. The molecule has 0 aliphatic rings. The third kappa shape index (κ3) is 6.00. The first-order valence-corrected chi connectivity index (χ1v) is 10.9. The molecule has 0 aliphatic carbocycles. The Morgan fingerprint density at radius 1 is 1.12 bits per heavy atom. The van der Waals surface area contributed by atoms with E-state index in [-0.39, 0.29) is 40.3 Å². The molecule has 0 heterocycles. The maximum Gasteiger partial charge on any atom is 0.241 e. The zero-order valence-corrected chi connectivity index (χ0v) is 16.9. The Balaban J connectivity index is 0.00000529. The number of nitrogens with two attached hydrogens (primary N) is 1. The summed E-state index contributed by atoms with van der Waals surface area (Å²) in [6.45, 7) is 5.40. The molecule has 0 amide bonds. The molecule has 1 aromatic carbocycles. The monoisotopic (exact) mass is 398 g/mol. The van der Waals surface area contributed by atoms with Gasteiger partial charge in [-0.3, -0.25) is 0 Å². The van der Waals surface area contributed by atoms with E-state index in [1.165, 1.54) is 19.1 Å². The van der Waals surface area contributed by atoms with Gasteiger partial charge in [0.15, 0.2) is 9.84 Å². The van der Waals surface area contributed by atoms with Crippen LogP contribution in [0.2, 0.25) is 0 Å². The lowest BCUT2D eigenvalue weighted by atomic mass is 10.1. The summed E-state index contributed by atoms with van der Waals surface area (Å²) >= 11 is 0. The minimum Gasteiger partial charge on any atom is -0.329 e. The standard InChI is InChI=1S/C15H26N2O4S2.ClH/c1-5-6-7-13(10-16)17-23(20,21)15-9-11(2)8-14(12(15)3)22(4,18)19;/h8-9,13,17H,5-7,10,16H2,1-4H3;1H. The lowest BCUT2D eigenvalue weighted by Crippen LogP contribution is -2.40. The van der Waals surface area contributed by atoms with Crippen LogP contribution in [-0.4, -0.2) is 35.7 Å². The maximum absolute atomic E-state index is 12.7. The highest BCUT2D eigenvalue weighted by atomic mass is 35.5. The molecular weight excluding hydrogens is 372 g/mol. The van der Waals surface area contributed by atoms with Gasteiger partial charge in [-0.05, 0) is 43.5 Å². The van der Waals surface area contributed by atoms with Gasteiger partial charge in [-0.1, -0.05) is 19.8 Å². The normalized spacial score (nSPS) is 13.4. The fourth-order valence-corrected chi connectivity index (χ4v) is 5.18. The fourth-order valence-electron chi connectivity index (χ4n) is 2.42. The van der Waals surface area contributed by atoms with Crippen molar-refractivity contribution in [2.45, 2.75) is 55.9 Å². The van der Waals surface area contributed by atoms with E-state index in [0.29, 0.717) is 12.0 Å². The number of rotatable bonds is 8. The predicted octanol–water partition coefficient (Wildman–Crippen LogP) is 1.92. The molecule has 140 valence electrons. The summed E-state index contributed by atoms with van der Waals surface area (Å²) in [7, 11) is -7.34. The van der Waals surface area contributed by atoms with Gasteiger partial charge >= 0.3 is 0 Å². The molecule has 0 radical (unpaired) electrons. The van der Waals surface area contributed by atoms with Crippen molar-refractivity contribution in [1.29, 1.82) is 0 Å². The summed E-state index contributed by atoms with van der Waals surface area (Å²) in [5, 5.41) is 0. The van der Waals surface area contributed by atoms with Crippen molar-refractivity contribution in [3.63, 3.8) is 0 Å². The second kappa shape index (κ2) is 9.15. The van der Waals surface area contributed by atoms with Crippen LogP contribution < -0.4 is 10.5 Å². The van der Waals surface area contributed by atoms with Gasteiger partial charge in [-0.15, -0.1) is 12.4 Å². The molecule has 6 nitrogen and oxygen atoms in total. The Morgan fingerprint density at radius 3 is 2.12 bits per heavy atom. The van der Waals surface area contributed by atoms with Crippen molar-refractivity contribution in [2.75, 3.05) is 12.8 Å². The Bertz CT molecular complexity index is 762. The first-order valence-electron chi connectivity index (χ1n) is 7.56. The third-order valence-corrected chi connectivity index (χ3v) is 6.53. The smallest absolute Gasteiger partial charge is 0.241 e. The van der Waals surface area contributed by atoms with Crippen LogP contribution >= 0.6 is 12.4 Å². The average Bonchev–Trinajstić information content (AvgIpc) is 2.44. The lowest BCUT2D eigenvalue weighted by Gasteiger charge is -2.19. The van der Waals surface area contributed by atoms with Gasteiger partial charge in [0.2, 0.25) is 10.0 Å². The van der Waals surface area contributed by atoms with E-state index in [1.807, 2.05) is 6.92 Å². The second-order valence-corrected chi connectivity index (χ2v) is 9.52. The molecule has 1 rings (SSSR count). The number of hydrogen-bond donors (Lipinski definition) is 2. The van der Waals surface area contributed by atoms with E-state index >= 15 is 0 Å². The van der Waals surface area contributed by atoms with E-state index < -0.39 is 19.9 Å². The molecule has 0 bridgehead atoms. The van der Waals surface area contributed by atoms with Crippen molar-refractivity contribution in [2.24, 2.45) is 5.73 Å². The van der Waals surface area contributed by atoms with Crippen molar-refractivity contribution < 1.29 is 16.8 Å². The van der Waals surface area contributed by atoms with E-state index in [4.69, 9.17) is 5.73 Å². The van der Waals surface area contributed by atoms with E-state index in [9.17, 15) is 16.8 Å². The first kappa shape index (κ1) is 23.3. The van der Waals surface area contributed by atoms with Crippen molar-refractivity contribution in [3.05, 3.63) is 23.3 Å². The van der Waals surface area contributed by atoms with Gasteiger partial charge in [0, 0.05) is 18.8 Å². The summed E-state index contributed by atoms with van der Waals surface area (Å²) in [5.41, 5.74) is 6.45. The van der Waals surface area contributed by atoms with Crippen LogP contribution in [0.4, 0.5) is 0 Å². The molecule has 0 saturated carbocycles. The van der Waals surface area contributed by atoms with Gasteiger partial charge in [-0.25, -0.2) is 21.6 Å². The molecule has 1 unspecified atom stereocenters. The van der Waals surface area contributed by atoms with Gasteiger partial charge < -0.3 is 5.73 Å². The number of aryl methyl sites for hydroxylation is 1. The van der Waals surface area contributed by atoms with Crippen molar-refractivity contribution in [3.8, 4) is 0 Å². The highest BCUT2D eigenvalue weighted by molar-refractivity contribution is 7.91. The maximum atomic E-state index is 12.7. The number of hydrogen-bond acceptors (Lipinski definition) is 5. The largest absolute Gasteiger partial charge is 0.329 e. The van der Waals surface area contributed by atoms with Gasteiger partial charge in [0.25, 0.3) is 0 Å². The summed E-state index contributed by atoms with van der Waals surface area (Å²) in [4.78, 5) is 0.0311. The second-order valence-electron chi connectivity index (χ2n) is 5.85. The fraction of sp³-hybridized carbons (Fsp3) is 0.600. The molecule has 24 heavy (non-hydrogen) atoms. The topological polar surface area (TPSA) is 106 Å². The summed E-state index contributed by atoms with van der Waals surface area (Å²) in [6, 6.07) is 2.61. The van der Waals surface area contributed by atoms with E-state index in [2.05, 4.69) is 4.72 Å². The third-order valence-electron chi connectivity index (χ3n) is 3.66. The Labute approximate surface area is 151 Å². The van der Waals surface area contributed by atoms with Crippen LogP contribution in [0.1, 0.15) is 37.3 Å². The van der Waals surface area contributed by atoms with Crippen molar-refractivity contribution >= 4 is 32.3 Å². The van der Waals surface area contributed by atoms with Crippen molar-refractivity contribution in [1.82, 2.24) is 4.72 Å². The van der Waals surface area contributed by atoms with E-state index in [1.54, 1.807) is 6.92 Å².